The number of halogens is 5. The van der Waals surface area contributed by atoms with Gasteiger partial charge in [-0.1, -0.05) is 0 Å². The lowest BCUT2D eigenvalue weighted by Gasteiger charge is -2.26. The Kier molecular flexibility index (Phi) is 7.15. The van der Waals surface area contributed by atoms with E-state index in [0.717, 1.165) is 13.0 Å². The lowest BCUT2D eigenvalue weighted by molar-refractivity contribution is 0.00567. The summed E-state index contributed by atoms with van der Waals surface area (Å²) in [6.45, 7) is 3.30. The standard InChI is InChI=1S/C23H25F5N4O2/c1-13-19(21(33)30-12-22(2,29)8-9-23(3,27)28)32-10-4-5-17(20(32)31-13)34-11-14-15(24)6-7-16(25)18(14)26/h4-7,10H,8-9,11-12,29H2,1-3H3,(H,30,33). The molecule has 3 rings (SSSR count). The molecule has 1 unspecified atom stereocenters. The largest absolute Gasteiger partial charge is 0.485 e. The number of benzene rings is 1. The summed E-state index contributed by atoms with van der Waals surface area (Å²) in [6.07, 6.45) is 1.12. The zero-order valence-electron chi connectivity index (χ0n) is 18.9. The average Bonchev–Trinajstić information content (AvgIpc) is 3.09. The monoisotopic (exact) mass is 484 g/mol. The summed E-state index contributed by atoms with van der Waals surface area (Å²) in [5.74, 6) is -6.81. The molecule has 0 saturated heterocycles. The number of rotatable bonds is 9. The van der Waals surface area contributed by atoms with Crippen molar-refractivity contribution in [2.75, 3.05) is 6.54 Å². The maximum Gasteiger partial charge on any atom is 0.270 e. The number of nitrogens with zero attached hydrogens (tertiary/aromatic N) is 2. The number of nitrogens with two attached hydrogens (primary N) is 1. The number of nitrogens with one attached hydrogen (secondary N) is 1. The van der Waals surface area contributed by atoms with Crippen LogP contribution >= 0.6 is 0 Å². The van der Waals surface area contributed by atoms with E-state index in [0.29, 0.717) is 11.8 Å². The molecule has 0 aliphatic heterocycles. The van der Waals surface area contributed by atoms with E-state index in [-0.39, 0.29) is 30.1 Å². The zero-order valence-corrected chi connectivity index (χ0v) is 18.9. The molecule has 3 N–H and O–H groups in total. The van der Waals surface area contributed by atoms with Gasteiger partial charge in [0.2, 0.25) is 5.92 Å². The Labute approximate surface area is 192 Å². The fourth-order valence-corrected chi connectivity index (χ4v) is 3.35. The molecule has 2 heterocycles. The highest BCUT2D eigenvalue weighted by molar-refractivity contribution is 5.95. The Balaban J connectivity index is 1.78. The highest BCUT2D eigenvalue weighted by atomic mass is 19.3. The van der Waals surface area contributed by atoms with Crippen LogP contribution in [0.25, 0.3) is 5.65 Å². The number of carbonyl (C=O) groups is 1. The van der Waals surface area contributed by atoms with Crippen molar-refractivity contribution >= 4 is 11.6 Å². The van der Waals surface area contributed by atoms with Gasteiger partial charge in [-0.25, -0.2) is 26.9 Å². The molecule has 11 heteroatoms. The predicted octanol–water partition coefficient (Wildman–Crippen LogP) is 4.52. The molecule has 184 valence electrons. The third-order valence-corrected chi connectivity index (χ3v) is 5.30. The van der Waals surface area contributed by atoms with Gasteiger partial charge in [-0.3, -0.25) is 9.20 Å². The van der Waals surface area contributed by atoms with Gasteiger partial charge in [0.25, 0.3) is 5.91 Å². The van der Waals surface area contributed by atoms with Crippen molar-refractivity contribution in [2.24, 2.45) is 5.73 Å². The minimum absolute atomic E-state index is 0.00585. The molecule has 0 spiro atoms. The van der Waals surface area contributed by atoms with Crippen LogP contribution in [0.3, 0.4) is 0 Å². The summed E-state index contributed by atoms with van der Waals surface area (Å²) < 4.78 is 74.5. The molecule has 1 aromatic carbocycles. The number of imidazole rings is 1. The SMILES string of the molecule is Cc1nc2c(OCc3c(F)ccc(F)c3F)cccn2c1C(=O)NCC(C)(N)CCC(C)(F)F. The van der Waals surface area contributed by atoms with E-state index in [4.69, 9.17) is 10.5 Å². The number of pyridine rings is 1. The topological polar surface area (TPSA) is 81.7 Å². The number of carbonyl (C=O) groups excluding carboxylic acids is 1. The van der Waals surface area contributed by atoms with Gasteiger partial charge >= 0.3 is 0 Å². The second-order valence-corrected chi connectivity index (χ2v) is 8.63. The van der Waals surface area contributed by atoms with Crippen molar-refractivity contribution in [3.05, 3.63) is 64.9 Å². The Bertz CT molecular complexity index is 1200. The van der Waals surface area contributed by atoms with Gasteiger partial charge in [0, 0.05) is 24.7 Å². The highest BCUT2D eigenvalue weighted by Gasteiger charge is 2.28. The maximum atomic E-state index is 13.9. The van der Waals surface area contributed by atoms with Crippen molar-refractivity contribution in [3.63, 3.8) is 0 Å². The quantitative estimate of drug-likeness (QED) is 0.346. The summed E-state index contributed by atoms with van der Waals surface area (Å²) in [5.41, 5.74) is 5.09. The number of aryl methyl sites for hydroxylation is 1. The highest BCUT2D eigenvalue weighted by Crippen LogP contribution is 2.25. The second-order valence-electron chi connectivity index (χ2n) is 8.63. The van der Waals surface area contributed by atoms with E-state index < -0.39 is 53.4 Å². The van der Waals surface area contributed by atoms with Crippen molar-refractivity contribution in [1.29, 1.82) is 0 Å². The van der Waals surface area contributed by atoms with E-state index in [2.05, 4.69) is 10.3 Å². The van der Waals surface area contributed by atoms with Crippen molar-refractivity contribution in [1.82, 2.24) is 14.7 Å². The lowest BCUT2D eigenvalue weighted by atomic mass is 9.95. The van der Waals surface area contributed by atoms with E-state index in [9.17, 15) is 26.7 Å². The number of aromatic nitrogens is 2. The number of hydrogen-bond donors (Lipinski definition) is 2. The summed E-state index contributed by atoms with van der Waals surface area (Å²) in [4.78, 5) is 17.2. The van der Waals surface area contributed by atoms with Crippen LogP contribution in [-0.4, -0.2) is 33.3 Å². The smallest absolute Gasteiger partial charge is 0.270 e. The predicted molar refractivity (Wildman–Crippen MR) is 115 cm³/mol. The number of fused-ring (bicyclic) bond motifs is 1. The van der Waals surface area contributed by atoms with Gasteiger partial charge in [-0.2, -0.15) is 0 Å². The molecule has 0 saturated carbocycles. The molecule has 0 aliphatic rings. The first-order valence-electron chi connectivity index (χ1n) is 10.5. The fourth-order valence-electron chi connectivity index (χ4n) is 3.35. The molecule has 0 fully saturated rings. The van der Waals surface area contributed by atoms with Crippen molar-refractivity contribution in [3.8, 4) is 5.75 Å². The van der Waals surface area contributed by atoms with Gasteiger partial charge < -0.3 is 15.8 Å². The van der Waals surface area contributed by atoms with E-state index in [1.54, 1.807) is 20.0 Å². The average molecular weight is 484 g/mol. The van der Waals surface area contributed by atoms with Crippen LogP contribution in [0.5, 0.6) is 5.75 Å². The maximum absolute atomic E-state index is 13.9. The van der Waals surface area contributed by atoms with Crippen LogP contribution in [0.4, 0.5) is 22.0 Å². The first kappa shape index (κ1) is 25.4. The van der Waals surface area contributed by atoms with Crippen LogP contribution in [0.2, 0.25) is 0 Å². The van der Waals surface area contributed by atoms with Crippen LogP contribution in [0.1, 0.15) is 48.4 Å². The molecule has 0 radical (unpaired) electrons. The van der Waals surface area contributed by atoms with Gasteiger partial charge in [-0.15, -0.1) is 0 Å². The van der Waals surface area contributed by atoms with Crippen LogP contribution < -0.4 is 15.8 Å². The molecule has 0 aliphatic carbocycles. The normalized spacial score (nSPS) is 13.7. The minimum Gasteiger partial charge on any atom is -0.485 e. The van der Waals surface area contributed by atoms with Crippen LogP contribution in [-0.2, 0) is 6.61 Å². The second kappa shape index (κ2) is 9.57. The molecule has 2 aromatic heterocycles. The molecular weight excluding hydrogens is 459 g/mol. The first-order chi connectivity index (χ1) is 15.8. The Morgan fingerprint density at radius 2 is 1.82 bits per heavy atom. The summed E-state index contributed by atoms with van der Waals surface area (Å²) in [5, 5.41) is 2.64. The zero-order chi connectivity index (χ0) is 25.3. The molecule has 3 aromatic rings. The number of amides is 1. The molecule has 34 heavy (non-hydrogen) atoms. The van der Waals surface area contributed by atoms with E-state index >= 15 is 0 Å². The fraction of sp³-hybridized carbons (Fsp3) is 0.391. The molecule has 6 nitrogen and oxygen atoms in total. The summed E-state index contributed by atoms with van der Waals surface area (Å²) in [6, 6.07) is 4.50. The lowest BCUT2D eigenvalue weighted by Crippen LogP contribution is -2.48. The van der Waals surface area contributed by atoms with E-state index in [1.807, 2.05) is 0 Å². The van der Waals surface area contributed by atoms with Gasteiger partial charge in [0.15, 0.2) is 23.0 Å². The van der Waals surface area contributed by atoms with Gasteiger partial charge in [0.05, 0.1) is 11.3 Å². The third-order valence-electron chi connectivity index (χ3n) is 5.30. The Hall–Kier alpha value is -3.21. The van der Waals surface area contributed by atoms with Crippen molar-refractivity contribution < 1.29 is 31.5 Å². The third kappa shape index (κ3) is 5.82. The first-order valence-corrected chi connectivity index (χ1v) is 10.5. The van der Waals surface area contributed by atoms with Crippen LogP contribution in [0, 0.1) is 24.4 Å². The number of alkyl halides is 2. The number of ether oxygens (including phenoxy) is 1. The minimum atomic E-state index is -2.86. The summed E-state index contributed by atoms with van der Waals surface area (Å²) >= 11 is 0. The van der Waals surface area contributed by atoms with Gasteiger partial charge in [0.1, 0.15) is 18.1 Å². The molecule has 0 bridgehead atoms. The van der Waals surface area contributed by atoms with Crippen molar-refractivity contribution in [2.45, 2.75) is 51.7 Å². The Morgan fingerprint density at radius 1 is 1.15 bits per heavy atom. The molecule has 1 amide bonds. The van der Waals surface area contributed by atoms with Crippen LogP contribution in [0.15, 0.2) is 30.5 Å². The summed E-state index contributed by atoms with van der Waals surface area (Å²) in [7, 11) is 0. The molecule has 1 atom stereocenters. The molecular formula is C23H25F5N4O2. The Morgan fingerprint density at radius 3 is 2.50 bits per heavy atom. The number of hydrogen-bond acceptors (Lipinski definition) is 4. The van der Waals surface area contributed by atoms with E-state index in [1.165, 1.54) is 16.5 Å². The van der Waals surface area contributed by atoms with Gasteiger partial charge in [-0.05, 0) is 51.5 Å².